The molecule has 0 saturated carbocycles. The molecule has 3 N–H and O–H groups in total. The molecule has 0 radical (unpaired) electrons. The van der Waals surface area contributed by atoms with Crippen LogP contribution in [-0.4, -0.2) is 116 Å². The Morgan fingerprint density at radius 3 is 1.60 bits per heavy atom. The predicted molar refractivity (Wildman–Crippen MR) is 311 cm³/mol. The van der Waals surface area contributed by atoms with Gasteiger partial charge in [0.25, 0.3) is 5.91 Å². The first-order chi connectivity index (χ1) is 41.9. The average Bonchev–Trinajstić information content (AvgIpc) is 4.46. The highest BCUT2D eigenvalue weighted by Crippen LogP contribution is 2.23. The van der Waals surface area contributed by atoms with Crippen molar-refractivity contribution in [2.24, 2.45) is 0 Å². The first-order valence-corrected chi connectivity index (χ1v) is 27.2. The van der Waals surface area contributed by atoms with Gasteiger partial charge >= 0.3 is 24.0 Å². The summed E-state index contributed by atoms with van der Waals surface area (Å²) in [5.74, 6) is -5.82. The molecule has 1 aliphatic heterocycles. The van der Waals surface area contributed by atoms with Gasteiger partial charge in [-0.3, -0.25) is 33.6 Å². The SMILES string of the molecule is CC(=O)c1cccc(F)c1.CCOC(=O)C(=O)CC(=O)c1cccc(F)c1.CCOC(=O)c1cc(-c2cccc(F)c2)n[nH]1.CCOC(=O)c1cc(-c2cccc(F)c2)nn1CCNC(=O)OC(C)(C)C.O=C1NCCn2nc(-c3cccc(F)c3)cc21. The average molecular weight is 1220 g/mol. The normalized spacial score (nSPS) is 11.1. The highest BCUT2D eigenvalue weighted by molar-refractivity contribution is 6.38. The van der Waals surface area contributed by atoms with Crippen molar-refractivity contribution in [3.63, 3.8) is 0 Å². The summed E-state index contributed by atoms with van der Waals surface area (Å²) in [5.41, 5.74) is 4.28. The molecule has 0 bridgehead atoms. The summed E-state index contributed by atoms with van der Waals surface area (Å²) in [7, 11) is 0. The molecular formula is C63H63F5N8O12. The van der Waals surface area contributed by atoms with Crippen molar-refractivity contribution in [3.05, 3.63) is 197 Å². The molecule has 8 aromatic rings. The highest BCUT2D eigenvalue weighted by Gasteiger charge is 2.23. The second-order valence-electron chi connectivity index (χ2n) is 19.4. The van der Waals surface area contributed by atoms with Gasteiger partial charge in [0.1, 0.15) is 51.8 Å². The van der Waals surface area contributed by atoms with Crippen LogP contribution in [0.3, 0.4) is 0 Å². The number of alkyl carbamates (subject to hydrolysis) is 1. The van der Waals surface area contributed by atoms with Crippen LogP contribution in [0.25, 0.3) is 33.8 Å². The molecule has 20 nitrogen and oxygen atoms in total. The zero-order valence-corrected chi connectivity index (χ0v) is 49.0. The summed E-state index contributed by atoms with van der Waals surface area (Å²) in [6.45, 7) is 13.9. The minimum Gasteiger partial charge on any atom is -0.461 e. The summed E-state index contributed by atoms with van der Waals surface area (Å²) >= 11 is 0. The third-order valence-electron chi connectivity index (χ3n) is 11.5. The number of fused-ring (bicyclic) bond motifs is 1. The minimum atomic E-state index is -1.04. The minimum absolute atomic E-state index is 0.0580. The molecule has 4 heterocycles. The van der Waals surface area contributed by atoms with Crippen LogP contribution >= 0.6 is 0 Å². The molecular weight excluding hydrogens is 1160 g/mol. The van der Waals surface area contributed by atoms with Crippen molar-refractivity contribution in [2.45, 2.75) is 73.6 Å². The van der Waals surface area contributed by atoms with E-state index in [1.54, 1.807) is 101 Å². The van der Waals surface area contributed by atoms with E-state index in [0.29, 0.717) is 64.7 Å². The first-order valence-electron chi connectivity index (χ1n) is 27.2. The molecule has 3 aromatic heterocycles. The van der Waals surface area contributed by atoms with Crippen molar-refractivity contribution in [2.75, 3.05) is 32.9 Å². The van der Waals surface area contributed by atoms with Gasteiger partial charge in [-0.2, -0.15) is 15.3 Å². The van der Waals surface area contributed by atoms with Crippen molar-refractivity contribution in [1.29, 1.82) is 0 Å². The lowest BCUT2D eigenvalue weighted by molar-refractivity contribution is -0.153. The molecule has 462 valence electrons. The molecule has 25 heteroatoms. The number of aromatic nitrogens is 6. The maximum Gasteiger partial charge on any atom is 0.407 e. The van der Waals surface area contributed by atoms with Crippen LogP contribution in [0, 0.1) is 29.1 Å². The zero-order valence-electron chi connectivity index (χ0n) is 49.0. The standard InChI is InChI=1S/C19H24FN3O4.C12H10FN3O.C12H11FN2O2.C12H11FO4.C8H7FO/c1-5-26-17(24)16-12-15(13-7-6-8-14(20)11-13)22-23(16)10-9-21-18(25)27-19(2,3)4;13-9-3-1-2-8(6-9)10-7-11-12(17)14-4-5-16(11)15-10;1-2-17-12(16)11-7-10(14-15-11)8-4-3-5-9(13)6-8;1-2-17-12(16)11(15)7-10(14)8-4-3-5-9(13)6-8;1-6(10)7-3-2-4-8(9)5-7/h6-8,11-12H,5,9-10H2,1-4H3,(H,21,25);1-3,6-7H,4-5H2,(H,14,17);3-7H,2H2,1H3,(H,14,15);3-6H,2,7H2,1H3;2-5H,1H3. The van der Waals surface area contributed by atoms with Crippen LogP contribution in [0.5, 0.6) is 0 Å². The molecule has 2 amide bonds. The lowest BCUT2D eigenvalue weighted by Crippen LogP contribution is -2.35. The monoisotopic (exact) mass is 1220 g/mol. The highest BCUT2D eigenvalue weighted by atomic mass is 19.1. The maximum absolute atomic E-state index is 13.5. The Hall–Kier alpha value is -10.5. The lowest BCUT2D eigenvalue weighted by Gasteiger charge is -2.19. The second kappa shape index (κ2) is 33.3. The number of carbonyl (C=O) groups is 8. The number of esters is 3. The number of hydrogen-bond acceptors (Lipinski definition) is 15. The van der Waals surface area contributed by atoms with Gasteiger partial charge in [-0.1, -0.05) is 60.7 Å². The van der Waals surface area contributed by atoms with E-state index in [1.807, 2.05) is 0 Å². The van der Waals surface area contributed by atoms with Crippen LogP contribution in [0.15, 0.2) is 140 Å². The van der Waals surface area contributed by atoms with Crippen molar-refractivity contribution >= 4 is 47.3 Å². The molecule has 0 saturated heterocycles. The third kappa shape index (κ3) is 21.9. The van der Waals surface area contributed by atoms with E-state index in [1.165, 1.54) is 90.5 Å². The number of nitrogens with one attached hydrogen (secondary N) is 3. The number of halogens is 5. The van der Waals surface area contributed by atoms with E-state index in [4.69, 9.17) is 14.2 Å². The fraction of sp³-hybridized carbons (Fsp3) is 0.254. The Labute approximate surface area is 502 Å². The number of nitrogens with zero attached hydrogens (tertiary/aromatic N) is 5. The molecule has 0 atom stereocenters. The molecule has 88 heavy (non-hydrogen) atoms. The first kappa shape index (κ1) is 68.3. The maximum atomic E-state index is 13.5. The largest absolute Gasteiger partial charge is 0.461 e. The van der Waals surface area contributed by atoms with Gasteiger partial charge in [0.2, 0.25) is 5.78 Å². The Kier molecular flexibility index (Phi) is 25.8. The Bertz CT molecular complexity index is 3740. The number of Topliss-reactive ketones (excluding diaryl/α,β-unsaturated/α-hetero) is 3. The molecule has 5 aromatic carbocycles. The van der Waals surface area contributed by atoms with E-state index in [0.717, 1.165) is 6.07 Å². The Morgan fingerprint density at radius 2 is 1.10 bits per heavy atom. The molecule has 0 fully saturated rings. The molecule has 1 aliphatic rings. The number of amides is 2. The number of ketones is 3. The summed E-state index contributed by atoms with van der Waals surface area (Å²) < 4.78 is 87.3. The summed E-state index contributed by atoms with van der Waals surface area (Å²) in [6.07, 6.45) is -1.17. The van der Waals surface area contributed by atoms with Crippen LogP contribution in [-0.2, 0) is 41.6 Å². The van der Waals surface area contributed by atoms with Gasteiger partial charge in [-0.25, -0.2) is 41.1 Å². The molecule has 0 aliphatic carbocycles. The number of benzene rings is 5. The van der Waals surface area contributed by atoms with Crippen molar-refractivity contribution in [1.82, 2.24) is 40.4 Å². The van der Waals surface area contributed by atoms with Crippen molar-refractivity contribution < 1.29 is 79.3 Å². The van der Waals surface area contributed by atoms with Gasteiger partial charge in [0.05, 0.1) is 56.4 Å². The number of carbonyl (C=O) groups excluding carboxylic acids is 8. The summed E-state index contributed by atoms with van der Waals surface area (Å²) in [4.78, 5) is 91.2. The topological polar surface area (TPSA) is 262 Å². The number of ether oxygens (including phenoxy) is 4. The van der Waals surface area contributed by atoms with Gasteiger partial charge in [-0.05, 0) is 127 Å². The summed E-state index contributed by atoms with van der Waals surface area (Å²) in [6, 6.07) is 33.5. The molecule has 9 rings (SSSR count). The van der Waals surface area contributed by atoms with Gasteiger partial charge in [0, 0.05) is 40.9 Å². The lowest BCUT2D eigenvalue weighted by atomic mass is 10.1. The number of H-pyrrole nitrogens is 1. The van der Waals surface area contributed by atoms with Crippen LogP contribution < -0.4 is 10.6 Å². The van der Waals surface area contributed by atoms with E-state index in [9.17, 15) is 60.3 Å². The Morgan fingerprint density at radius 1 is 0.602 bits per heavy atom. The predicted octanol–water partition coefficient (Wildman–Crippen LogP) is 10.8. The second-order valence-corrected chi connectivity index (χ2v) is 19.4. The van der Waals surface area contributed by atoms with Crippen molar-refractivity contribution in [3.8, 4) is 33.8 Å². The summed E-state index contributed by atoms with van der Waals surface area (Å²) in [5, 5.41) is 20.5. The molecule has 0 unspecified atom stereocenters. The van der Waals surface area contributed by atoms with E-state index >= 15 is 0 Å². The quantitative estimate of drug-likeness (QED) is 0.0203. The molecule has 0 spiro atoms. The van der Waals surface area contributed by atoms with E-state index in [-0.39, 0.29) is 72.4 Å². The van der Waals surface area contributed by atoms with Gasteiger partial charge < -0.3 is 29.6 Å². The number of aromatic amines is 1. The fourth-order valence-corrected chi connectivity index (χ4v) is 7.58. The van der Waals surface area contributed by atoms with Crippen LogP contribution in [0.2, 0.25) is 0 Å². The van der Waals surface area contributed by atoms with Crippen LogP contribution in [0.1, 0.15) is 107 Å². The van der Waals surface area contributed by atoms with E-state index < -0.39 is 59.2 Å². The van der Waals surface area contributed by atoms with E-state index in [2.05, 4.69) is 35.8 Å². The Balaban J connectivity index is 0.000000207. The fourth-order valence-electron chi connectivity index (χ4n) is 7.58. The third-order valence-corrected chi connectivity index (χ3v) is 11.5. The van der Waals surface area contributed by atoms with Gasteiger partial charge in [-0.15, -0.1) is 0 Å². The van der Waals surface area contributed by atoms with Crippen LogP contribution in [0.4, 0.5) is 26.7 Å². The number of hydrogen-bond donors (Lipinski definition) is 3. The number of rotatable bonds is 16. The smallest absolute Gasteiger partial charge is 0.407 e. The van der Waals surface area contributed by atoms with Gasteiger partial charge in [0.15, 0.2) is 11.6 Å². The zero-order chi connectivity index (χ0) is 64.5.